The molecule has 2 rings (SSSR count). The number of nitrogens with one attached hydrogen (secondary N) is 3. The molecule has 0 aliphatic carbocycles. The van der Waals surface area contributed by atoms with Gasteiger partial charge < -0.3 is 20.9 Å². The van der Waals surface area contributed by atoms with E-state index in [0.717, 1.165) is 17.4 Å². The van der Waals surface area contributed by atoms with Crippen LogP contribution in [0.25, 0.3) is 0 Å². The maximum atomic E-state index is 11.5. The topological polar surface area (TPSA) is 102 Å². The first kappa shape index (κ1) is 21.4. The predicted molar refractivity (Wildman–Crippen MR) is 110 cm³/mol. The molecular weight excluding hydrogens is 457 g/mol. The quantitative estimate of drug-likeness (QED) is 0.226. The van der Waals surface area contributed by atoms with Crippen LogP contribution in [-0.4, -0.2) is 68.1 Å². The minimum Gasteiger partial charge on any atom is -0.357 e. The molecule has 0 aromatic carbocycles. The molecule has 2 heterocycles. The van der Waals surface area contributed by atoms with E-state index in [-0.39, 0.29) is 42.5 Å². The Bertz CT molecular complexity index is 604. The number of imide groups is 1. The summed E-state index contributed by atoms with van der Waals surface area (Å²) in [6.45, 7) is 3.96. The highest BCUT2D eigenvalue weighted by Gasteiger charge is 2.27. The van der Waals surface area contributed by atoms with E-state index < -0.39 is 0 Å². The van der Waals surface area contributed by atoms with Crippen LogP contribution in [0.4, 0.5) is 9.93 Å². The van der Waals surface area contributed by atoms with Gasteiger partial charge in [-0.15, -0.1) is 35.3 Å². The van der Waals surface area contributed by atoms with Gasteiger partial charge in [-0.25, -0.2) is 14.8 Å². The van der Waals surface area contributed by atoms with Crippen LogP contribution in [0, 0.1) is 0 Å². The number of rotatable bonds is 7. The summed E-state index contributed by atoms with van der Waals surface area (Å²) in [5, 5.41) is 11.7. The number of amides is 3. The number of urea groups is 1. The van der Waals surface area contributed by atoms with Gasteiger partial charge in [0.2, 0.25) is 5.91 Å². The minimum atomic E-state index is -0.345. The first-order chi connectivity index (χ1) is 11.5. The van der Waals surface area contributed by atoms with Gasteiger partial charge in [0.25, 0.3) is 0 Å². The van der Waals surface area contributed by atoms with Gasteiger partial charge in [-0.05, 0) is 6.92 Å². The molecule has 0 atom stereocenters. The molecule has 1 fully saturated rings. The summed E-state index contributed by atoms with van der Waals surface area (Å²) in [6, 6.07) is -0.345. The molecule has 140 valence electrons. The summed E-state index contributed by atoms with van der Waals surface area (Å²) in [7, 11) is 3.90. The first-order valence-electron chi connectivity index (χ1n) is 7.73. The second-order valence-corrected chi connectivity index (χ2v) is 6.18. The highest BCUT2D eigenvalue weighted by atomic mass is 127. The van der Waals surface area contributed by atoms with Crippen LogP contribution < -0.4 is 20.9 Å². The molecule has 1 saturated heterocycles. The van der Waals surface area contributed by atoms with Gasteiger partial charge >= 0.3 is 6.03 Å². The molecule has 0 unspecified atom stereocenters. The molecule has 1 aromatic rings. The van der Waals surface area contributed by atoms with Crippen LogP contribution in [0.1, 0.15) is 12.6 Å². The zero-order valence-electron chi connectivity index (χ0n) is 14.5. The maximum Gasteiger partial charge on any atom is 0.324 e. The monoisotopic (exact) mass is 481 g/mol. The number of hydrogen-bond acceptors (Lipinski definition) is 6. The van der Waals surface area contributed by atoms with Crippen molar-refractivity contribution in [1.82, 2.24) is 25.8 Å². The van der Waals surface area contributed by atoms with Crippen molar-refractivity contribution < 1.29 is 9.59 Å². The number of carbonyl (C=O) groups excluding carboxylic acids is 2. The number of thiazole rings is 1. The Morgan fingerprint density at radius 2 is 2.20 bits per heavy atom. The van der Waals surface area contributed by atoms with Crippen LogP contribution in [0.3, 0.4) is 0 Å². The number of nitrogens with zero attached hydrogens (tertiary/aromatic N) is 4. The van der Waals surface area contributed by atoms with Crippen molar-refractivity contribution in [3.63, 3.8) is 0 Å². The van der Waals surface area contributed by atoms with Crippen molar-refractivity contribution >= 4 is 58.3 Å². The van der Waals surface area contributed by atoms with Crippen LogP contribution in [0.15, 0.2) is 10.4 Å². The van der Waals surface area contributed by atoms with Crippen molar-refractivity contribution in [2.75, 3.05) is 45.2 Å². The van der Waals surface area contributed by atoms with Gasteiger partial charge in [0.15, 0.2) is 11.1 Å². The molecule has 0 bridgehead atoms. The Balaban J connectivity index is 0.00000312. The van der Waals surface area contributed by atoms with Crippen molar-refractivity contribution in [3.05, 3.63) is 11.1 Å². The lowest BCUT2D eigenvalue weighted by Crippen LogP contribution is -2.43. The summed E-state index contributed by atoms with van der Waals surface area (Å²) in [5.41, 5.74) is 0.898. The Labute approximate surface area is 168 Å². The standard InChI is InChI=1S/C14H23N7O2S.HI/c1-4-15-12(16-5-6-21-11(22)8-18-13(21)23)17-7-10-9-24-14(19-10)20(2)3;/h9H,4-8H2,1-3H3,(H,18,23)(H2,15,16,17);1H. The average Bonchev–Trinajstić information content (AvgIpc) is 3.14. The molecule has 9 nitrogen and oxygen atoms in total. The van der Waals surface area contributed by atoms with Gasteiger partial charge in [-0.1, -0.05) is 0 Å². The zero-order valence-corrected chi connectivity index (χ0v) is 17.7. The van der Waals surface area contributed by atoms with Crippen molar-refractivity contribution in [1.29, 1.82) is 0 Å². The molecule has 1 aliphatic rings. The lowest BCUT2D eigenvalue weighted by atomic mass is 10.5. The lowest BCUT2D eigenvalue weighted by Gasteiger charge is -2.15. The molecule has 1 aliphatic heterocycles. The largest absolute Gasteiger partial charge is 0.357 e. The molecule has 1 aromatic heterocycles. The van der Waals surface area contributed by atoms with E-state index in [1.807, 2.05) is 31.3 Å². The Morgan fingerprint density at radius 1 is 1.44 bits per heavy atom. The van der Waals surface area contributed by atoms with E-state index in [2.05, 4.69) is 25.9 Å². The number of aromatic nitrogens is 1. The maximum absolute atomic E-state index is 11.5. The number of carbonyl (C=O) groups is 2. The van der Waals surface area contributed by atoms with E-state index in [1.165, 1.54) is 4.90 Å². The summed E-state index contributed by atoms with van der Waals surface area (Å²) in [5.74, 6) is 0.423. The highest BCUT2D eigenvalue weighted by molar-refractivity contribution is 14.0. The van der Waals surface area contributed by atoms with E-state index in [9.17, 15) is 9.59 Å². The molecule has 11 heteroatoms. The van der Waals surface area contributed by atoms with Gasteiger partial charge in [-0.2, -0.15) is 0 Å². The van der Waals surface area contributed by atoms with Crippen LogP contribution in [0.5, 0.6) is 0 Å². The van der Waals surface area contributed by atoms with Gasteiger partial charge in [0.05, 0.1) is 18.8 Å². The van der Waals surface area contributed by atoms with E-state index in [4.69, 9.17) is 0 Å². The fourth-order valence-electron chi connectivity index (χ4n) is 2.04. The smallest absolute Gasteiger partial charge is 0.324 e. The molecule has 3 N–H and O–H groups in total. The third kappa shape index (κ3) is 6.30. The second-order valence-electron chi connectivity index (χ2n) is 5.34. The second kappa shape index (κ2) is 10.4. The third-order valence-electron chi connectivity index (χ3n) is 3.23. The minimum absolute atomic E-state index is 0. The number of anilines is 1. The zero-order chi connectivity index (χ0) is 17.5. The molecule has 25 heavy (non-hydrogen) atoms. The number of aliphatic imine (C=N–C) groups is 1. The van der Waals surface area contributed by atoms with E-state index >= 15 is 0 Å². The SMILES string of the molecule is CCNC(=NCc1csc(N(C)C)n1)NCCN1C(=O)CNC1=O.I. The van der Waals surface area contributed by atoms with Gasteiger partial charge in [0, 0.05) is 39.1 Å². The normalized spacial score (nSPS) is 14.2. The fraction of sp³-hybridized carbons (Fsp3) is 0.571. The summed E-state index contributed by atoms with van der Waals surface area (Å²) in [4.78, 5) is 35.1. The summed E-state index contributed by atoms with van der Waals surface area (Å²) in [6.07, 6.45) is 0. The van der Waals surface area contributed by atoms with Crippen LogP contribution >= 0.6 is 35.3 Å². The Morgan fingerprint density at radius 3 is 2.76 bits per heavy atom. The molecule has 0 saturated carbocycles. The number of hydrogen-bond donors (Lipinski definition) is 3. The van der Waals surface area contributed by atoms with Crippen LogP contribution in [0.2, 0.25) is 0 Å². The average molecular weight is 481 g/mol. The third-order valence-corrected chi connectivity index (χ3v) is 4.29. The van der Waals surface area contributed by atoms with Crippen molar-refractivity contribution in [2.24, 2.45) is 4.99 Å². The van der Waals surface area contributed by atoms with E-state index in [1.54, 1.807) is 11.3 Å². The van der Waals surface area contributed by atoms with Crippen LogP contribution in [-0.2, 0) is 11.3 Å². The molecular formula is C14H24IN7O2S. The van der Waals surface area contributed by atoms with E-state index in [0.29, 0.717) is 25.6 Å². The van der Waals surface area contributed by atoms with Crippen molar-refractivity contribution in [2.45, 2.75) is 13.5 Å². The molecule has 0 spiro atoms. The summed E-state index contributed by atoms with van der Waals surface area (Å²) < 4.78 is 0. The Kier molecular flexibility index (Phi) is 8.89. The number of halogens is 1. The highest BCUT2D eigenvalue weighted by Crippen LogP contribution is 2.18. The Hall–Kier alpha value is -1.63. The summed E-state index contributed by atoms with van der Waals surface area (Å²) >= 11 is 1.57. The van der Waals surface area contributed by atoms with Gasteiger partial charge in [0.1, 0.15) is 0 Å². The van der Waals surface area contributed by atoms with Crippen molar-refractivity contribution in [3.8, 4) is 0 Å². The van der Waals surface area contributed by atoms with Gasteiger partial charge in [-0.3, -0.25) is 9.69 Å². The predicted octanol–water partition coefficient (Wildman–Crippen LogP) is 0.434. The molecule has 3 amide bonds. The molecule has 0 radical (unpaired) electrons. The number of guanidine groups is 1. The first-order valence-corrected chi connectivity index (χ1v) is 8.61. The lowest BCUT2D eigenvalue weighted by molar-refractivity contribution is -0.124. The fourth-order valence-corrected chi connectivity index (χ4v) is 2.79.